The molecular formula is C14H17N3O. The summed E-state index contributed by atoms with van der Waals surface area (Å²) in [6, 6.07) is 8.12. The zero-order valence-corrected chi connectivity index (χ0v) is 10.3. The number of nitrogens with two attached hydrogens (primary N) is 1. The molecule has 1 aromatic heterocycles. The van der Waals surface area contributed by atoms with Gasteiger partial charge in [0.2, 0.25) is 0 Å². The van der Waals surface area contributed by atoms with Gasteiger partial charge >= 0.3 is 0 Å². The highest BCUT2D eigenvalue weighted by Gasteiger charge is 2.35. The summed E-state index contributed by atoms with van der Waals surface area (Å²) in [6.45, 7) is 2.13. The normalized spacial score (nSPS) is 18.9. The number of nitrogens with zero attached hydrogens (tertiary/aromatic N) is 2. The van der Waals surface area contributed by atoms with Crippen LogP contribution in [-0.4, -0.2) is 29.7 Å². The van der Waals surface area contributed by atoms with Crippen molar-refractivity contribution in [3.63, 3.8) is 0 Å². The quantitative estimate of drug-likeness (QED) is 0.871. The Morgan fingerprint density at radius 2 is 1.94 bits per heavy atom. The molecule has 0 atom stereocenters. The minimum absolute atomic E-state index is 0.0548. The van der Waals surface area contributed by atoms with Gasteiger partial charge in [-0.3, -0.25) is 0 Å². The van der Waals surface area contributed by atoms with Gasteiger partial charge in [0.05, 0.1) is 11.2 Å². The third-order valence-electron chi connectivity index (χ3n) is 3.89. The molecule has 94 valence electrons. The second kappa shape index (κ2) is 4.63. The summed E-state index contributed by atoms with van der Waals surface area (Å²) in [7, 11) is 0. The average molecular weight is 243 g/mol. The van der Waals surface area contributed by atoms with Crippen molar-refractivity contribution in [1.82, 2.24) is 9.97 Å². The molecule has 18 heavy (non-hydrogen) atoms. The van der Waals surface area contributed by atoms with Crippen molar-refractivity contribution >= 4 is 10.9 Å². The Morgan fingerprint density at radius 3 is 2.72 bits per heavy atom. The molecule has 2 aromatic rings. The lowest BCUT2D eigenvalue weighted by molar-refractivity contribution is 0.0520. The van der Waals surface area contributed by atoms with E-state index in [0.29, 0.717) is 6.54 Å². The van der Waals surface area contributed by atoms with E-state index >= 15 is 0 Å². The number of para-hydroxylation sites is 1. The molecule has 2 heterocycles. The van der Waals surface area contributed by atoms with Gasteiger partial charge in [-0.15, -0.1) is 0 Å². The lowest BCUT2D eigenvalue weighted by atomic mass is 9.76. The second-order valence-corrected chi connectivity index (χ2v) is 4.84. The molecule has 0 spiro atoms. The molecule has 4 nitrogen and oxygen atoms in total. The highest BCUT2D eigenvalue weighted by atomic mass is 16.5. The van der Waals surface area contributed by atoms with Crippen LogP contribution in [0.1, 0.15) is 18.5 Å². The first-order valence-corrected chi connectivity index (χ1v) is 6.34. The number of hydrogen-bond donors (Lipinski definition) is 1. The van der Waals surface area contributed by atoms with Crippen LogP contribution < -0.4 is 5.73 Å². The van der Waals surface area contributed by atoms with Crippen molar-refractivity contribution in [2.75, 3.05) is 19.8 Å². The van der Waals surface area contributed by atoms with Crippen LogP contribution in [0, 0.1) is 0 Å². The number of rotatable bonds is 2. The van der Waals surface area contributed by atoms with E-state index in [2.05, 4.69) is 16.0 Å². The zero-order valence-electron chi connectivity index (χ0n) is 10.3. The number of ether oxygens (including phenoxy) is 1. The minimum Gasteiger partial charge on any atom is -0.381 e. The fourth-order valence-corrected chi connectivity index (χ4v) is 2.73. The summed E-state index contributed by atoms with van der Waals surface area (Å²) < 4.78 is 5.46. The zero-order chi connectivity index (χ0) is 12.4. The Morgan fingerprint density at radius 1 is 1.17 bits per heavy atom. The molecule has 1 fully saturated rings. The van der Waals surface area contributed by atoms with Crippen molar-refractivity contribution in [3.05, 3.63) is 36.3 Å². The Hall–Kier alpha value is -1.52. The smallest absolute Gasteiger partial charge is 0.116 e. The van der Waals surface area contributed by atoms with E-state index in [1.54, 1.807) is 6.33 Å². The Kier molecular flexibility index (Phi) is 2.97. The van der Waals surface area contributed by atoms with Gasteiger partial charge < -0.3 is 10.5 Å². The van der Waals surface area contributed by atoms with E-state index in [0.717, 1.165) is 42.7 Å². The van der Waals surface area contributed by atoms with Crippen LogP contribution in [-0.2, 0) is 10.2 Å². The SMILES string of the molecule is NCC1(c2ncnc3ccccc23)CCOCC1. The summed E-state index contributed by atoms with van der Waals surface area (Å²) in [5.74, 6) is 0. The van der Waals surface area contributed by atoms with Gasteiger partial charge in [-0.1, -0.05) is 18.2 Å². The predicted octanol–water partition coefficient (Wildman–Crippen LogP) is 1.64. The monoisotopic (exact) mass is 243 g/mol. The van der Waals surface area contributed by atoms with Gasteiger partial charge in [-0.25, -0.2) is 9.97 Å². The molecule has 1 aromatic carbocycles. The molecule has 0 saturated carbocycles. The lowest BCUT2D eigenvalue weighted by Gasteiger charge is -2.36. The first-order chi connectivity index (χ1) is 8.86. The number of hydrogen-bond acceptors (Lipinski definition) is 4. The molecule has 0 unspecified atom stereocenters. The average Bonchev–Trinajstić information content (AvgIpc) is 2.47. The van der Waals surface area contributed by atoms with Gasteiger partial charge in [-0.05, 0) is 18.9 Å². The summed E-state index contributed by atoms with van der Waals surface area (Å²) in [5, 5.41) is 1.12. The minimum atomic E-state index is -0.0548. The first kappa shape index (κ1) is 11.6. The van der Waals surface area contributed by atoms with Gasteiger partial charge in [0.25, 0.3) is 0 Å². The fourth-order valence-electron chi connectivity index (χ4n) is 2.73. The lowest BCUT2D eigenvalue weighted by Crippen LogP contribution is -2.41. The van der Waals surface area contributed by atoms with Gasteiger partial charge in [0, 0.05) is 30.6 Å². The van der Waals surface area contributed by atoms with Crippen molar-refractivity contribution in [2.45, 2.75) is 18.3 Å². The van der Waals surface area contributed by atoms with Crippen LogP contribution in [0.15, 0.2) is 30.6 Å². The molecule has 1 aliphatic rings. The van der Waals surface area contributed by atoms with E-state index < -0.39 is 0 Å². The van der Waals surface area contributed by atoms with E-state index in [4.69, 9.17) is 10.5 Å². The Balaban J connectivity index is 2.17. The Bertz CT molecular complexity index is 544. The first-order valence-electron chi connectivity index (χ1n) is 6.34. The molecule has 2 N–H and O–H groups in total. The predicted molar refractivity (Wildman–Crippen MR) is 70.3 cm³/mol. The van der Waals surface area contributed by atoms with E-state index in [1.807, 2.05) is 18.2 Å². The fraction of sp³-hybridized carbons (Fsp3) is 0.429. The number of benzene rings is 1. The molecule has 0 bridgehead atoms. The van der Waals surface area contributed by atoms with Gasteiger partial charge in [-0.2, -0.15) is 0 Å². The highest BCUT2D eigenvalue weighted by Crippen LogP contribution is 2.35. The maximum absolute atomic E-state index is 6.05. The highest BCUT2D eigenvalue weighted by molar-refractivity contribution is 5.81. The van der Waals surface area contributed by atoms with Crippen LogP contribution in [0.25, 0.3) is 10.9 Å². The molecule has 3 rings (SSSR count). The molecule has 0 aliphatic carbocycles. The molecule has 0 radical (unpaired) electrons. The third-order valence-corrected chi connectivity index (χ3v) is 3.89. The van der Waals surface area contributed by atoms with Gasteiger partial charge in [0.15, 0.2) is 0 Å². The second-order valence-electron chi connectivity index (χ2n) is 4.84. The maximum atomic E-state index is 6.05. The van der Waals surface area contributed by atoms with Crippen LogP contribution in [0.2, 0.25) is 0 Å². The summed E-state index contributed by atoms with van der Waals surface area (Å²) in [6.07, 6.45) is 3.51. The van der Waals surface area contributed by atoms with E-state index in [9.17, 15) is 0 Å². The number of fused-ring (bicyclic) bond motifs is 1. The van der Waals surface area contributed by atoms with Crippen molar-refractivity contribution in [3.8, 4) is 0 Å². The summed E-state index contributed by atoms with van der Waals surface area (Å²) in [5.41, 5.74) is 8.06. The third kappa shape index (κ3) is 1.78. The van der Waals surface area contributed by atoms with Crippen LogP contribution in [0.3, 0.4) is 0 Å². The Labute approximate surface area is 106 Å². The molecule has 1 saturated heterocycles. The molecule has 4 heteroatoms. The molecule has 0 amide bonds. The maximum Gasteiger partial charge on any atom is 0.116 e. The van der Waals surface area contributed by atoms with E-state index in [1.165, 1.54) is 0 Å². The van der Waals surface area contributed by atoms with Gasteiger partial charge in [0.1, 0.15) is 6.33 Å². The number of aromatic nitrogens is 2. The van der Waals surface area contributed by atoms with Crippen LogP contribution >= 0.6 is 0 Å². The van der Waals surface area contributed by atoms with Crippen molar-refractivity contribution in [1.29, 1.82) is 0 Å². The van der Waals surface area contributed by atoms with Crippen LogP contribution in [0.5, 0.6) is 0 Å². The molecule has 1 aliphatic heterocycles. The summed E-state index contributed by atoms with van der Waals surface area (Å²) >= 11 is 0. The van der Waals surface area contributed by atoms with E-state index in [-0.39, 0.29) is 5.41 Å². The van der Waals surface area contributed by atoms with Crippen molar-refractivity contribution < 1.29 is 4.74 Å². The van der Waals surface area contributed by atoms with Crippen molar-refractivity contribution in [2.24, 2.45) is 5.73 Å². The largest absolute Gasteiger partial charge is 0.381 e. The molecular weight excluding hydrogens is 226 g/mol. The topological polar surface area (TPSA) is 61.0 Å². The summed E-state index contributed by atoms with van der Waals surface area (Å²) in [4.78, 5) is 8.85. The van der Waals surface area contributed by atoms with Crippen LogP contribution in [0.4, 0.5) is 0 Å². The standard InChI is InChI=1S/C14H17N3O/c15-9-14(5-7-18-8-6-14)13-11-3-1-2-4-12(11)16-10-17-13/h1-4,10H,5-9,15H2.